The zero-order valence-electron chi connectivity index (χ0n) is 9.71. The summed E-state index contributed by atoms with van der Waals surface area (Å²) in [6.45, 7) is 3.19. The van der Waals surface area contributed by atoms with E-state index in [2.05, 4.69) is 5.32 Å². The molecular weight excluding hydrogens is 190 g/mol. The van der Waals surface area contributed by atoms with E-state index in [0.717, 1.165) is 39.0 Å². The molecule has 0 unspecified atom stereocenters. The number of rotatable bonds is 9. The number of hydrogen-bond acceptors (Lipinski definition) is 3. The van der Waals surface area contributed by atoms with E-state index in [1.54, 1.807) is 0 Å². The smallest absolute Gasteiger partial charge is 0.0594 e. The minimum Gasteiger partial charge on any atom is -0.396 e. The summed E-state index contributed by atoms with van der Waals surface area (Å²) < 4.78 is 5.73. The van der Waals surface area contributed by atoms with Gasteiger partial charge in [0.2, 0.25) is 0 Å². The van der Waals surface area contributed by atoms with Crippen molar-refractivity contribution in [1.82, 2.24) is 5.32 Å². The zero-order valence-corrected chi connectivity index (χ0v) is 9.71. The Bertz CT molecular complexity index is 136. The van der Waals surface area contributed by atoms with E-state index < -0.39 is 0 Å². The van der Waals surface area contributed by atoms with E-state index in [4.69, 9.17) is 9.84 Å². The van der Waals surface area contributed by atoms with Gasteiger partial charge in [0.1, 0.15) is 0 Å². The lowest BCUT2D eigenvalue weighted by atomic mass is 10.2. The van der Waals surface area contributed by atoms with Crippen LogP contribution < -0.4 is 5.32 Å². The summed E-state index contributed by atoms with van der Waals surface area (Å²) in [5, 5.41) is 11.9. The number of nitrogens with one attached hydrogen (secondary N) is 1. The van der Waals surface area contributed by atoms with Gasteiger partial charge >= 0.3 is 0 Å². The molecule has 0 atom stereocenters. The van der Waals surface area contributed by atoms with Crippen LogP contribution in [0.2, 0.25) is 0 Å². The molecule has 2 N–H and O–H groups in total. The molecule has 0 aliphatic heterocycles. The molecule has 0 bridgehead atoms. The van der Waals surface area contributed by atoms with Gasteiger partial charge in [0.15, 0.2) is 0 Å². The zero-order chi connectivity index (χ0) is 10.8. The van der Waals surface area contributed by atoms with E-state index in [9.17, 15) is 0 Å². The van der Waals surface area contributed by atoms with Crippen LogP contribution in [0.3, 0.4) is 0 Å². The third kappa shape index (κ3) is 6.88. The molecule has 1 aliphatic carbocycles. The highest BCUT2D eigenvalue weighted by Crippen LogP contribution is 2.20. The first-order valence-electron chi connectivity index (χ1n) is 6.36. The van der Waals surface area contributed by atoms with Crippen molar-refractivity contribution in [2.45, 2.75) is 51.0 Å². The van der Waals surface area contributed by atoms with Crippen LogP contribution in [0.5, 0.6) is 0 Å². The lowest BCUT2D eigenvalue weighted by Crippen LogP contribution is -2.23. The van der Waals surface area contributed by atoms with Crippen LogP contribution in [0.25, 0.3) is 0 Å². The molecule has 1 aliphatic rings. The topological polar surface area (TPSA) is 41.5 Å². The summed E-state index contributed by atoms with van der Waals surface area (Å²) in [6, 6.07) is 0. The van der Waals surface area contributed by atoms with Crippen LogP contribution >= 0.6 is 0 Å². The second-order valence-corrected chi connectivity index (χ2v) is 4.31. The average molecular weight is 215 g/mol. The summed E-state index contributed by atoms with van der Waals surface area (Å²) in [7, 11) is 0. The summed E-state index contributed by atoms with van der Waals surface area (Å²) in [5.74, 6) is 0. The normalized spacial score (nSPS) is 17.4. The van der Waals surface area contributed by atoms with Crippen LogP contribution in [-0.4, -0.2) is 37.5 Å². The Hall–Kier alpha value is -0.120. The van der Waals surface area contributed by atoms with Gasteiger partial charge in [-0.25, -0.2) is 0 Å². The van der Waals surface area contributed by atoms with Crippen molar-refractivity contribution in [2.24, 2.45) is 0 Å². The van der Waals surface area contributed by atoms with E-state index in [1.165, 1.54) is 25.7 Å². The van der Waals surface area contributed by atoms with Gasteiger partial charge in [-0.2, -0.15) is 0 Å². The molecule has 0 aromatic heterocycles. The molecule has 1 rings (SSSR count). The maximum absolute atomic E-state index is 8.59. The van der Waals surface area contributed by atoms with Gasteiger partial charge in [0.05, 0.1) is 12.7 Å². The lowest BCUT2D eigenvalue weighted by Gasteiger charge is -2.11. The van der Waals surface area contributed by atoms with E-state index in [0.29, 0.717) is 12.7 Å². The molecule has 3 heteroatoms. The van der Waals surface area contributed by atoms with Crippen LogP contribution in [0.4, 0.5) is 0 Å². The second-order valence-electron chi connectivity index (χ2n) is 4.31. The molecular formula is C12H25NO2. The first kappa shape index (κ1) is 12.9. The molecule has 3 nitrogen and oxygen atoms in total. The summed E-state index contributed by atoms with van der Waals surface area (Å²) in [4.78, 5) is 0. The summed E-state index contributed by atoms with van der Waals surface area (Å²) in [5.41, 5.74) is 0. The van der Waals surface area contributed by atoms with Crippen LogP contribution in [0.1, 0.15) is 44.9 Å². The van der Waals surface area contributed by atoms with E-state index in [-0.39, 0.29) is 0 Å². The predicted octanol–water partition coefficient (Wildman–Crippen LogP) is 1.70. The van der Waals surface area contributed by atoms with Gasteiger partial charge in [-0.05, 0) is 38.6 Å². The molecule has 0 spiro atoms. The maximum atomic E-state index is 8.59. The fourth-order valence-electron chi connectivity index (χ4n) is 2.02. The van der Waals surface area contributed by atoms with E-state index >= 15 is 0 Å². The van der Waals surface area contributed by atoms with Crippen molar-refractivity contribution in [3.05, 3.63) is 0 Å². The Morgan fingerprint density at radius 1 is 1.07 bits per heavy atom. The highest BCUT2D eigenvalue weighted by atomic mass is 16.5. The van der Waals surface area contributed by atoms with Gasteiger partial charge in [0, 0.05) is 13.2 Å². The van der Waals surface area contributed by atoms with Gasteiger partial charge in [0.25, 0.3) is 0 Å². The number of unbranched alkanes of at least 4 members (excludes halogenated alkanes) is 2. The summed E-state index contributed by atoms with van der Waals surface area (Å²) in [6.07, 6.45) is 8.96. The van der Waals surface area contributed by atoms with Gasteiger partial charge in [-0.3, -0.25) is 0 Å². The number of ether oxygens (including phenoxy) is 1. The maximum Gasteiger partial charge on any atom is 0.0594 e. The van der Waals surface area contributed by atoms with Crippen molar-refractivity contribution < 1.29 is 9.84 Å². The first-order chi connectivity index (χ1) is 7.43. The largest absolute Gasteiger partial charge is 0.396 e. The number of hydrogen-bond donors (Lipinski definition) is 2. The fraction of sp³-hybridized carbons (Fsp3) is 1.00. The van der Waals surface area contributed by atoms with Crippen LogP contribution in [-0.2, 0) is 4.74 Å². The molecule has 0 aromatic carbocycles. The fourth-order valence-corrected chi connectivity index (χ4v) is 2.02. The molecule has 0 aromatic rings. The Balaban J connectivity index is 1.73. The standard InChI is InChI=1S/C12H25NO2/c14-10-5-1-4-8-13-9-11-15-12-6-2-3-7-12/h12-14H,1-11H2. The Morgan fingerprint density at radius 2 is 1.87 bits per heavy atom. The van der Waals surface area contributed by atoms with Crippen molar-refractivity contribution in [3.8, 4) is 0 Å². The Labute approximate surface area is 93.2 Å². The highest BCUT2D eigenvalue weighted by molar-refractivity contribution is 4.66. The molecule has 0 saturated heterocycles. The van der Waals surface area contributed by atoms with Gasteiger partial charge in [-0.1, -0.05) is 12.8 Å². The van der Waals surface area contributed by atoms with Crippen LogP contribution in [0, 0.1) is 0 Å². The second kappa shape index (κ2) is 9.13. The average Bonchev–Trinajstić information content (AvgIpc) is 2.75. The van der Waals surface area contributed by atoms with Gasteiger partial charge in [-0.15, -0.1) is 0 Å². The third-order valence-corrected chi connectivity index (χ3v) is 2.95. The van der Waals surface area contributed by atoms with Crippen molar-refractivity contribution >= 4 is 0 Å². The molecule has 0 radical (unpaired) electrons. The minimum atomic E-state index is 0.324. The van der Waals surface area contributed by atoms with E-state index in [1.807, 2.05) is 0 Å². The molecule has 1 saturated carbocycles. The molecule has 0 heterocycles. The number of aliphatic hydroxyl groups is 1. The van der Waals surface area contributed by atoms with Crippen molar-refractivity contribution in [2.75, 3.05) is 26.3 Å². The first-order valence-corrected chi connectivity index (χ1v) is 6.36. The predicted molar refractivity (Wildman–Crippen MR) is 62.0 cm³/mol. The molecule has 90 valence electrons. The Morgan fingerprint density at radius 3 is 2.60 bits per heavy atom. The molecule has 1 fully saturated rings. The Kier molecular flexibility index (Phi) is 7.88. The SMILES string of the molecule is OCCCCCNCCOC1CCCC1. The third-order valence-electron chi connectivity index (χ3n) is 2.95. The number of aliphatic hydroxyl groups excluding tert-OH is 1. The minimum absolute atomic E-state index is 0.324. The molecule has 15 heavy (non-hydrogen) atoms. The van der Waals surface area contributed by atoms with Crippen molar-refractivity contribution in [3.63, 3.8) is 0 Å². The monoisotopic (exact) mass is 215 g/mol. The quantitative estimate of drug-likeness (QED) is 0.575. The van der Waals surface area contributed by atoms with Gasteiger partial charge < -0.3 is 15.2 Å². The van der Waals surface area contributed by atoms with Crippen molar-refractivity contribution in [1.29, 1.82) is 0 Å². The van der Waals surface area contributed by atoms with Crippen LogP contribution in [0.15, 0.2) is 0 Å². The lowest BCUT2D eigenvalue weighted by molar-refractivity contribution is 0.0604. The molecule has 0 amide bonds. The highest BCUT2D eigenvalue weighted by Gasteiger charge is 2.14. The summed E-state index contributed by atoms with van der Waals surface area (Å²) >= 11 is 0.